The summed E-state index contributed by atoms with van der Waals surface area (Å²) < 4.78 is 24.9. The lowest BCUT2D eigenvalue weighted by Gasteiger charge is -1.99. The second kappa shape index (κ2) is 3.39. The largest absolute Gasteiger partial charge is 0.342 e. The van der Waals surface area contributed by atoms with Gasteiger partial charge in [-0.15, -0.1) is 0 Å². The zero-order valence-electron chi connectivity index (χ0n) is 5.40. The molecule has 0 spiro atoms. The van der Waals surface area contributed by atoms with Crippen LogP contribution in [0.1, 0.15) is 0 Å². The summed E-state index contributed by atoms with van der Waals surface area (Å²) in [5.41, 5.74) is 2.24. The highest BCUT2D eigenvalue weighted by atomic mass is 32.1. The molecule has 0 aromatic heterocycles. The van der Waals surface area contributed by atoms with Gasteiger partial charge in [-0.1, -0.05) is 12.2 Å². The molecule has 0 aliphatic rings. The van der Waals surface area contributed by atoms with Gasteiger partial charge >= 0.3 is 0 Å². The van der Waals surface area contributed by atoms with Crippen LogP contribution >= 0.6 is 12.2 Å². The maximum Gasteiger partial charge on any atom is 0.149 e. The van der Waals surface area contributed by atoms with Crippen LogP contribution in [0, 0.1) is 11.6 Å². The van der Waals surface area contributed by atoms with Gasteiger partial charge in [0.2, 0.25) is 0 Å². The maximum absolute atomic E-state index is 12.6. The van der Waals surface area contributed by atoms with Gasteiger partial charge < -0.3 is 5.32 Å². The minimum Gasteiger partial charge on any atom is -0.342 e. The normalized spacial score (nSPS) is 9.27. The fraction of sp³-hybridized carbons (Fsp3) is 0. The second-order valence-electron chi connectivity index (χ2n) is 1.85. The van der Waals surface area contributed by atoms with E-state index in [1.54, 1.807) is 0 Å². The number of nitrogens with one attached hydrogen (secondary N) is 1. The van der Waals surface area contributed by atoms with Crippen LogP contribution in [0.3, 0.4) is 0 Å². The average Bonchev–Trinajstić information content (AvgIpc) is 1.95. The van der Waals surface area contributed by atoms with Gasteiger partial charge in [0.1, 0.15) is 17.1 Å². The Morgan fingerprint density at radius 1 is 1.36 bits per heavy atom. The molecule has 0 aliphatic heterocycles. The van der Waals surface area contributed by atoms with Crippen LogP contribution in [0.15, 0.2) is 18.2 Å². The monoisotopic (exact) mass is 172 g/mol. The molecule has 57 valence electrons. The van der Waals surface area contributed by atoms with Gasteiger partial charge in [-0.2, -0.15) is 0 Å². The van der Waals surface area contributed by atoms with Crippen molar-refractivity contribution in [1.29, 1.82) is 0 Å². The van der Waals surface area contributed by atoms with Crippen molar-refractivity contribution in [1.82, 2.24) is 0 Å². The van der Waals surface area contributed by atoms with Gasteiger partial charge in [-0.25, -0.2) is 8.78 Å². The van der Waals surface area contributed by atoms with Gasteiger partial charge in [0.15, 0.2) is 0 Å². The molecule has 1 rings (SSSR count). The number of halogens is 2. The predicted octanol–water partition coefficient (Wildman–Crippen LogP) is 2.21. The number of rotatable bonds is 2. The molecule has 1 nitrogen and oxygen atoms in total. The summed E-state index contributed by atoms with van der Waals surface area (Å²) in [6.45, 7) is 0. The van der Waals surface area contributed by atoms with Gasteiger partial charge in [-0.3, -0.25) is 0 Å². The molecule has 0 aliphatic carbocycles. The standard InChI is InChI=1S/C7H4F2NS/c8-5-1-2-7(10-4-11)6(9)3-5/h1-3H,(H,10,11). The van der Waals surface area contributed by atoms with Crippen molar-refractivity contribution in [2.24, 2.45) is 0 Å². The molecule has 0 bridgehead atoms. The fourth-order valence-electron chi connectivity index (χ4n) is 0.646. The van der Waals surface area contributed by atoms with Gasteiger partial charge in [0, 0.05) is 6.07 Å². The van der Waals surface area contributed by atoms with Crippen molar-refractivity contribution in [3.8, 4) is 0 Å². The van der Waals surface area contributed by atoms with Crippen molar-refractivity contribution in [2.45, 2.75) is 0 Å². The summed E-state index contributed by atoms with van der Waals surface area (Å²) in [7, 11) is 0. The smallest absolute Gasteiger partial charge is 0.149 e. The Labute approximate surface area is 68.0 Å². The van der Waals surface area contributed by atoms with E-state index in [0.717, 1.165) is 12.1 Å². The van der Waals surface area contributed by atoms with E-state index in [1.807, 2.05) is 0 Å². The number of anilines is 1. The van der Waals surface area contributed by atoms with E-state index in [0.29, 0.717) is 0 Å². The Kier molecular flexibility index (Phi) is 2.48. The van der Waals surface area contributed by atoms with E-state index in [2.05, 4.69) is 23.0 Å². The highest BCUT2D eigenvalue weighted by Gasteiger charge is 2.00. The Morgan fingerprint density at radius 3 is 2.64 bits per heavy atom. The Bertz CT molecular complexity index is 275. The van der Waals surface area contributed by atoms with E-state index >= 15 is 0 Å². The first-order chi connectivity index (χ1) is 5.24. The van der Waals surface area contributed by atoms with Crippen molar-refractivity contribution in [3.63, 3.8) is 0 Å². The molecule has 0 unspecified atom stereocenters. The first-order valence-corrected chi connectivity index (χ1v) is 3.23. The zero-order chi connectivity index (χ0) is 8.27. The molecule has 1 N–H and O–H groups in total. The van der Waals surface area contributed by atoms with Crippen molar-refractivity contribution < 1.29 is 8.78 Å². The van der Waals surface area contributed by atoms with Gasteiger partial charge in [0.25, 0.3) is 0 Å². The molecule has 1 aromatic rings. The number of hydrogen-bond donors (Lipinski definition) is 1. The summed E-state index contributed by atoms with van der Waals surface area (Å²) >= 11 is 4.30. The number of thiocarbonyl (C=S) groups is 1. The Morgan fingerprint density at radius 2 is 2.09 bits per heavy atom. The molecule has 1 radical (unpaired) electrons. The molecular formula is C7H4F2NS. The molecule has 0 saturated heterocycles. The van der Waals surface area contributed by atoms with Crippen LogP contribution in [0.5, 0.6) is 0 Å². The maximum atomic E-state index is 12.6. The van der Waals surface area contributed by atoms with E-state index in [9.17, 15) is 8.78 Å². The Hall–Kier alpha value is -1.03. The van der Waals surface area contributed by atoms with E-state index < -0.39 is 11.6 Å². The highest BCUT2D eigenvalue weighted by Crippen LogP contribution is 2.13. The Balaban J connectivity index is 2.98. The molecule has 1 aromatic carbocycles. The minimum absolute atomic E-state index is 0.126. The van der Waals surface area contributed by atoms with Gasteiger partial charge in [-0.05, 0) is 12.1 Å². The molecule has 0 heterocycles. The lowest BCUT2D eigenvalue weighted by molar-refractivity contribution is 0.586. The van der Waals surface area contributed by atoms with E-state index in [-0.39, 0.29) is 5.69 Å². The van der Waals surface area contributed by atoms with Crippen LogP contribution in [0.25, 0.3) is 0 Å². The summed E-state index contributed by atoms with van der Waals surface area (Å²) in [5.74, 6) is -1.29. The average molecular weight is 172 g/mol. The SMILES string of the molecule is Fc1ccc(N[C]=S)c(F)c1. The van der Waals surface area contributed by atoms with Crippen LogP contribution in [-0.2, 0) is 0 Å². The molecule has 0 saturated carbocycles. The van der Waals surface area contributed by atoms with Crippen LogP contribution in [0.2, 0.25) is 0 Å². The zero-order valence-corrected chi connectivity index (χ0v) is 6.21. The molecular weight excluding hydrogens is 168 g/mol. The number of benzene rings is 1. The first-order valence-electron chi connectivity index (χ1n) is 2.82. The summed E-state index contributed by atoms with van der Waals surface area (Å²) in [4.78, 5) is 0. The third kappa shape index (κ3) is 1.94. The van der Waals surface area contributed by atoms with Crippen molar-refractivity contribution >= 4 is 23.4 Å². The first kappa shape index (κ1) is 8.07. The summed E-state index contributed by atoms with van der Waals surface area (Å²) in [5, 5.41) is 2.33. The lowest BCUT2D eigenvalue weighted by Crippen LogP contribution is -1.95. The second-order valence-corrected chi connectivity index (χ2v) is 2.06. The minimum atomic E-state index is -0.678. The van der Waals surface area contributed by atoms with E-state index in [4.69, 9.17) is 0 Å². The van der Waals surface area contributed by atoms with Crippen molar-refractivity contribution in [3.05, 3.63) is 29.8 Å². The van der Waals surface area contributed by atoms with Crippen molar-refractivity contribution in [2.75, 3.05) is 5.32 Å². The van der Waals surface area contributed by atoms with E-state index in [1.165, 1.54) is 6.07 Å². The third-order valence-corrected chi connectivity index (χ3v) is 1.22. The number of hydrogen-bond acceptors (Lipinski definition) is 1. The fourth-order valence-corrected chi connectivity index (χ4v) is 0.756. The molecule has 0 amide bonds. The molecule has 11 heavy (non-hydrogen) atoms. The van der Waals surface area contributed by atoms with Crippen LogP contribution < -0.4 is 5.32 Å². The highest BCUT2D eigenvalue weighted by molar-refractivity contribution is 7.79. The third-order valence-electron chi connectivity index (χ3n) is 1.12. The summed E-state index contributed by atoms with van der Waals surface area (Å²) in [6.07, 6.45) is 0. The molecule has 0 fully saturated rings. The quantitative estimate of drug-likeness (QED) is 0.542. The lowest BCUT2D eigenvalue weighted by atomic mass is 10.3. The molecule has 4 heteroatoms. The van der Waals surface area contributed by atoms with Crippen LogP contribution in [-0.4, -0.2) is 5.49 Å². The predicted molar refractivity (Wildman–Crippen MR) is 42.6 cm³/mol. The van der Waals surface area contributed by atoms with Gasteiger partial charge in [0.05, 0.1) is 5.69 Å². The van der Waals surface area contributed by atoms with Crippen LogP contribution in [0.4, 0.5) is 14.5 Å². The topological polar surface area (TPSA) is 12.0 Å². The molecule has 0 atom stereocenters. The summed E-state index contributed by atoms with van der Waals surface area (Å²) in [6, 6.07) is 3.16.